The minimum Gasteiger partial charge on any atom is -0.438 e. The number of hydrogen-bond donors (Lipinski definition) is 1. The lowest BCUT2D eigenvalue weighted by molar-refractivity contribution is 0.454. The van der Waals surface area contributed by atoms with Crippen molar-refractivity contribution in [3.8, 4) is 11.6 Å². The number of anilines is 1. The zero-order valence-electron chi connectivity index (χ0n) is 11.1. The summed E-state index contributed by atoms with van der Waals surface area (Å²) in [7, 11) is 1.78. The van der Waals surface area contributed by atoms with Crippen LogP contribution in [0.5, 0.6) is 11.6 Å². The average Bonchev–Trinajstić information content (AvgIpc) is 2.37. The number of nitrogens with one attached hydrogen (secondary N) is 1. The first kappa shape index (κ1) is 12.4. The molecule has 0 fully saturated rings. The quantitative estimate of drug-likeness (QED) is 0.899. The van der Waals surface area contributed by atoms with Crippen molar-refractivity contribution in [2.24, 2.45) is 0 Å². The number of aryl methyl sites for hydroxylation is 2. The molecule has 1 aromatic carbocycles. The van der Waals surface area contributed by atoms with Crippen LogP contribution in [0, 0.1) is 20.8 Å². The predicted molar refractivity (Wildman–Crippen MR) is 72.3 cm³/mol. The van der Waals surface area contributed by atoms with Crippen molar-refractivity contribution in [1.29, 1.82) is 0 Å². The predicted octanol–water partition coefficient (Wildman–Crippen LogP) is 3.24. The number of benzene rings is 1. The van der Waals surface area contributed by atoms with Crippen molar-refractivity contribution < 1.29 is 4.74 Å². The number of rotatable bonds is 3. The van der Waals surface area contributed by atoms with Gasteiger partial charge in [0.05, 0.1) is 0 Å². The average molecular weight is 243 g/mol. The minimum atomic E-state index is 0.556. The topological polar surface area (TPSA) is 47.0 Å². The van der Waals surface area contributed by atoms with E-state index in [1.807, 2.05) is 26.0 Å². The smallest absolute Gasteiger partial charge is 0.226 e. The van der Waals surface area contributed by atoms with Crippen LogP contribution in [0.25, 0.3) is 0 Å². The van der Waals surface area contributed by atoms with Crippen molar-refractivity contribution >= 4 is 5.95 Å². The van der Waals surface area contributed by atoms with Crippen LogP contribution >= 0.6 is 0 Å². The van der Waals surface area contributed by atoms with Gasteiger partial charge in [-0.05, 0) is 38.0 Å². The highest BCUT2D eigenvalue weighted by Crippen LogP contribution is 2.27. The van der Waals surface area contributed by atoms with Crippen molar-refractivity contribution in [2.75, 3.05) is 12.4 Å². The number of hydrogen-bond acceptors (Lipinski definition) is 4. The second kappa shape index (κ2) is 5.04. The second-order valence-corrected chi connectivity index (χ2v) is 4.23. The van der Waals surface area contributed by atoms with E-state index in [2.05, 4.69) is 28.3 Å². The molecule has 0 aliphatic carbocycles. The van der Waals surface area contributed by atoms with Gasteiger partial charge in [-0.25, -0.2) is 4.98 Å². The molecular weight excluding hydrogens is 226 g/mol. The zero-order valence-corrected chi connectivity index (χ0v) is 11.1. The maximum Gasteiger partial charge on any atom is 0.226 e. The molecule has 1 aromatic heterocycles. The van der Waals surface area contributed by atoms with Crippen LogP contribution in [-0.2, 0) is 0 Å². The van der Waals surface area contributed by atoms with Crippen LogP contribution in [0.1, 0.15) is 16.7 Å². The van der Waals surface area contributed by atoms with Crippen LogP contribution < -0.4 is 10.1 Å². The molecule has 4 nitrogen and oxygen atoms in total. The molecule has 0 radical (unpaired) electrons. The lowest BCUT2D eigenvalue weighted by Gasteiger charge is -2.11. The van der Waals surface area contributed by atoms with Gasteiger partial charge in [0, 0.05) is 18.8 Å². The van der Waals surface area contributed by atoms with Gasteiger partial charge in [0.15, 0.2) is 0 Å². The van der Waals surface area contributed by atoms with Crippen LogP contribution in [0.2, 0.25) is 0 Å². The Hall–Kier alpha value is -2.10. The molecule has 2 rings (SSSR count). The second-order valence-electron chi connectivity index (χ2n) is 4.23. The lowest BCUT2D eigenvalue weighted by atomic mass is 10.1. The fourth-order valence-electron chi connectivity index (χ4n) is 1.59. The summed E-state index contributed by atoms with van der Waals surface area (Å²) in [4.78, 5) is 8.45. The summed E-state index contributed by atoms with van der Waals surface area (Å²) in [5.74, 6) is 1.97. The molecule has 0 saturated heterocycles. The van der Waals surface area contributed by atoms with Crippen LogP contribution in [0.3, 0.4) is 0 Å². The molecule has 1 N–H and O–H groups in total. The Morgan fingerprint density at radius 3 is 2.61 bits per heavy atom. The molecule has 0 aliphatic heterocycles. The van der Waals surface area contributed by atoms with Crippen molar-refractivity contribution in [2.45, 2.75) is 20.8 Å². The molecule has 0 amide bonds. The molecule has 0 spiro atoms. The summed E-state index contributed by atoms with van der Waals surface area (Å²) in [5, 5.41) is 2.90. The van der Waals surface area contributed by atoms with E-state index in [4.69, 9.17) is 4.74 Å². The molecule has 0 atom stereocenters. The van der Waals surface area contributed by atoms with Crippen LogP contribution in [0.4, 0.5) is 5.95 Å². The third-order valence-electron chi connectivity index (χ3n) is 2.91. The van der Waals surface area contributed by atoms with E-state index >= 15 is 0 Å². The van der Waals surface area contributed by atoms with Crippen molar-refractivity contribution in [3.63, 3.8) is 0 Å². The minimum absolute atomic E-state index is 0.556. The van der Waals surface area contributed by atoms with Crippen LogP contribution in [-0.4, -0.2) is 17.0 Å². The molecule has 4 heteroatoms. The standard InChI is InChI=1S/C14H17N3O/c1-9-6-5-7-12(11(9)3)18-13-10(2)8-16-14(15-4)17-13/h5-8H,1-4H3,(H,15,16,17). The fraction of sp³-hybridized carbons (Fsp3) is 0.286. The molecule has 0 bridgehead atoms. The molecule has 0 aliphatic rings. The molecular formula is C14H17N3O. The Labute approximate surface area is 107 Å². The van der Waals surface area contributed by atoms with Gasteiger partial charge in [0.25, 0.3) is 0 Å². The van der Waals surface area contributed by atoms with Gasteiger partial charge in [-0.1, -0.05) is 12.1 Å². The van der Waals surface area contributed by atoms with Gasteiger partial charge >= 0.3 is 0 Å². The molecule has 0 unspecified atom stereocenters. The number of aromatic nitrogens is 2. The molecule has 94 valence electrons. The van der Waals surface area contributed by atoms with Gasteiger partial charge in [-0.2, -0.15) is 4.98 Å². The van der Waals surface area contributed by atoms with E-state index in [1.165, 1.54) is 5.56 Å². The van der Waals surface area contributed by atoms with Crippen LogP contribution in [0.15, 0.2) is 24.4 Å². The molecule has 18 heavy (non-hydrogen) atoms. The third kappa shape index (κ3) is 2.42. The van der Waals surface area contributed by atoms with Crippen molar-refractivity contribution in [1.82, 2.24) is 9.97 Å². The van der Waals surface area contributed by atoms with Gasteiger partial charge in [-0.15, -0.1) is 0 Å². The molecule has 1 heterocycles. The highest BCUT2D eigenvalue weighted by molar-refractivity contribution is 5.42. The molecule has 2 aromatic rings. The summed E-state index contributed by atoms with van der Waals surface area (Å²) in [6.07, 6.45) is 1.75. The summed E-state index contributed by atoms with van der Waals surface area (Å²) in [6, 6.07) is 5.99. The summed E-state index contributed by atoms with van der Waals surface area (Å²) in [5.41, 5.74) is 3.24. The Balaban J connectivity index is 2.36. The largest absolute Gasteiger partial charge is 0.438 e. The van der Waals surface area contributed by atoms with Gasteiger partial charge in [0.2, 0.25) is 11.8 Å². The van der Waals surface area contributed by atoms with Gasteiger partial charge in [0.1, 0.15) is 5.75 Å². The highest BCUT2D eigenvalue weighted by Gasteiger charge is 2.08. The maximum absolute atomic E-state index is 5.87. The number of ether oxygens (including phenoxy) is 1. The Morgan fingerprint density at radius 1 is 1.11 bits per heavy atom. The first-order chi connectivity index (χ1) is 8.61. The summed E-state index contributed by atoms with van der Waals surface area (Å²) >= 11 is 0. The highest BCUT2D eigenvalue weighted by atomic mass is 16.5. The summed E-state index contributed by atoms with van der Waals surface area (Å²) < 4.78 is 5.87. The SMILES string of the molecule is CNc1ncc(C)c(Oc2cccc(C)c2C)n1. The van der Waals surface area contributed by atoms with E-state index in [0.29, 0.717) is 11.8 Å². The van der Waals surface area contributed by atoms with E-state index < -0.39 is 0 Å². The van der Waals surface area contributed by atoms with E-state index in [0.717, 1.165) is 16.9 Å². The number of nitrogens with zero attached hydrogens (tertiary/aromatic N) is 2. The Bertz CT molecular complexity index is 567. The van der Waals surface area contributed by atoms with Crippen molar-refractivity contribution in [3.05, 3.63) is 41.1 Å². The Morgan fingerprint density at radius 2 is 1.89 bits per heavy atom. The van der Waals surface area contributed by atoms with E-state index in [1.54, 1.807) is 13.2 Å². The van der Waals surface area contributed by atoms with E-state index in [-0.39, 0.29) is 0 Å². The monoisotopic (exact) mass is 243 g/mol. The van der Waals surface area contributed by atoms with Gasteiger partial charge < -0.3 is 10.1 Å². The first-order valence-electron chi connectivity index (χ1n) is 5.87. The molecule has 0 saturated carbocycles. The third-order valence-corrected chi connectivity index (χ3v) is 2.91. The Kier molecular flexibility index (Phi) is 3.46. The lowest BCUT2D eigenvalue weighted by Crippen LogP contribution is -2.00. The maximum atomic E-state index is 5.87. The zero-order chi connectivity index (χ0) is 13.1. The first-order valence-corrected chi connectivity index (χ1v) is 5.87. The van der Waals surface area contributed by atoms with E-state index in [9.17, 15) is 0 Å². The van der Waals surface area contributed by atoms with Gasteiger partial charge in [-0.3, -0.25) is 0 Å². The fourth-order valence-corrected chi connectivity index (χ4v) is 1.59. The normalized spacial score (nSPS) is 10.2. The summed E-state index contributed by atoms with van der Waals surface area (Å²) in [6.45, 7) is 6.04.